The van der Waals surface area contributed by atoms with E-state index in [2.05, 4.69) is 20.8 Å². The molecule has 0 aromatic carbocycles. The standard InChI is InChI=1S/C8H16O2.C2H6/c1-8(2,3)10-7-5-4-6-9-7;1-2/h7H,4-6H2,1-3H3;1-2H3. The largest absolute Gasteiger partial charge is 0.353 e. The molecule has 1 fully saturated rings. The van der Waals surface area contributed by atoms with E-state index in [-0.39, 0.29) is 11.9 Å². The molecule has 1 saturated heterocycles. The van der Waals surface area contributed by atoms with Gasteiger partial charge in [-0.05, 0) is 27.2 Å². The molecule has 74 valence electrons. The monoisotopic (exact) mass is 174 g/mol. The van der Waals surface area contributed by atoms with Crippen LogP contribution in [0.15, 0.2) is 0 Å². The van der Waals surface area contributed by atoms with Crippen molar-refractivity contribution in [2.75, 3.05) is 6.61 Å². The van der Waals surface area contributed by atoms with Gasteiger partial charge in [-0.2, -0.15) is 0 Å². The topological polar surface area (TPSA) is 18.5 Å². The summed E-state index contributed by atoms with van der Waals surface area (Å²) in [4.78, 5) is 0. The molecule has 0 aromatic heterocycles. The van der Waals surface area contributed by atoms with Gasteiger partial charge in [0.1, 0.15) is 0 Å². The summed E-state index contributed by atoms with van der Waals surface area (Å²) >= 11 is 0. The fourth-order valence-corrected chi connectivity index (χ4v) is 1.04. The molecule has 1 unspecified atom stereocenters. The summed E-state index contributed by atoms with van der Waals surface area (Å²) < 4.78 is 10.9. The second kappa shape index (κ2) is 5.55. The molecule has 1 atom stereocenters. The van der Waals surface area contributed by atoms with E-state index in [9.17, 15) is 0 Å². The summed E-state index contributed by atoms with van der Waals surface area (Å²) in [7, 11) is 0. The Morgan fingerprint density at radius 3 is 2.17 bits per heavy atom. The Kier molecular flexibility index (Phi) is 5.51. The van der Waals surface area contributed by atoms with Crippen molar-refractivity contribution in [1.29, 1.82) is 0 Å². The van der Waals surface area contributed by atoms with Gasteiger partial charge in [-0.25, -0.2) is 0 Å². The maximum atomic E-state index is 5.58. The highest BCUT2D eigenvalue weighted by Gasteiger charge is 2.22. The van der Waals surface area contributed by atoms with Gasteiger partial charge in [0.15, 0.2) is 6.29 Å². The summed E-state index contributed by atoms with van der Waals surface area (Å²) in [6.45, 7) is 11.0. The van der Waals surface area contributed by atoms with Crippen molar-refractivity contribution in [1.82, 2.24) is 0 Å². The SMILES string of the molecule is CC.CC(C)(C)OC1CCCO1. The first kappa shape index (κ1) is 11.9. The van der Waals surface area contributed by atoms with Crippen LogP contribution in [0.4, 0.5) is 0 Å². The van der Waals surface area contributed by atoms with Gasteiger partial charge in [0.2, 0.25) is 0 Å². The lowest BCUT2D eigenvalue weighted by molar-refractivity contribution is -0.171. The third kappa shape index (κ3) is 5.56. The summed E-state index contributed by atoms with van der Waals surface area (Å²) in [5.74, 6) is 0. The van der Waals surface area contributed by atoms with Crippen LogP contribution in [0.1, 0.15) is 47.5 Å². The predicted octanol–water partition coefficient (Wildman–Crippen LogP) is 2.96. The van der Waals surface area contributed by atoms with Crippen LogP contribution in [0, 0.1) is 0 Å². The average molecular weight is 174 g/mol. The van der Waals surface area contributed by atoms with E-state index >= 15 is 0 Å². The van der Waals surface area contributed by atoms with Crippen LogP contribution in [0.5, 0.6) is 0 Å². The normalized spacial score (nSPS) is 23.2. The second-order valence-electron chi connectivity index (χ2n) is 3.67. The highest BCUT2D eigenvalue weighted by molar-refractivity contribution is 4.63. The molecule has 0 aromatic rings. The minimum Gasteiger partial charge on any atom is -0.353 e. The quantitative estimate of drug-likeness (QED) is 0.608. The molecule has 1 rings (SSSR count). The third-order valence-electron chi connectivity index (χ3n) is 1.37. The van der Waals surface area contributed by atoms with Crippen molar-refractivity contribution in [3.8, 4) is 0 Å². The Bertz CT molecular complexity index is 98.9. The first-order chi connectivity index (χ1) is 5.58. The number of rotatable bonds is 1. The van der Waals surface area contributed by atoms with E-state index in [0.717, 1.165) is 19.4 Å². The number of hydrogen-bond acceptors (Lipinski definition) is 2. The van der Waals surface area contributed by atoms with E-state index < -0.39 is 0 Å². The molecule has 0 amide bonds. The highest BCUT2D eigenvalue weighted by atomic mass is 16.7. The first-order valence-corrected chi connectivity index (χ1v) is 4.87. The van der Waals surface area contributed by atoms with Gasteiger partial charge in [-0.15, -0.1) is 0 Å². The van der Waals surface area contributed by atoms with Crippen molar-refractivity contribution in [3.63, 3.8) is 0 Å². The zero-order chi connectivity index (χ0) is 9.61. The van der Waals surface area contributed by atoms with Crippen molar-refractivity contribution < 1.29 is 9.47 Å². The fraction of sp³-hybridized carbons (Fsp3) is 1.00. The fourth-order valence-electron chi connectivity index (χ4n) is 1.04. The maximum Gasteiger partial charge on any atom is 0.158 e. The van der Waals surface area contributed by atoms with E-state index in [1.807, 2.05) is 13.8 Å². The van der Waals surface area contributed by atoms with Gasteiger partial charge in [-0.1, -0.05) is 13.8 Å². The van der Waals surface area contributed by atoms with Crippen LogP contribution in [0.3, 0.4) is 0 Å². The van der Waals surface area contributed by atoms with E-state index in [4.69, 9.17) is 9.47 Å². The smallest absolute Gasteiger partial charge is 0.158 e. The molecule has 0 N–H and O–H groups in total. The molecule has 0 saturated carbocycles. The van der Waals surface area contributed by atoms with Crippen LogP contribution in [0.25, 0.3) is 0 Å². The lowest BCUT2D eigenvalue weighted by Crippen LogP contribution is -2.26. The lowest BCUT2D eigenvalue weighted by atomic mass is 10.2. The van der Waals surface area contributed by atoms with Crippen molar-refractivity contribution in [2.24, 2.45) is 0 Å². The highest BCUT2D eigenvalue weighted by Crippen LogP contribution is 2.19. The van der Waals surface area contributed by atoms with Crippen molar-refractivity contribution in [3.05, 3.63) is 0 Å². The zero-order valence-corrected chi connectivity index (χ0v) is 9.02. The van der Waals surface area contributed by atoms with Crippen LogP contribution in [0.2, 0.25) is 0 Å². The summed E-state index contributed by atoms with van der Waals surface area (Å²) in [5.41, 5.74) is -0.0605. The van der Waals surface area contributed by atoms with Gasteiger partial charge in [-0.3, -0.25) is 0 Å². The Labute approximate surface area is 76.3 Å². The van der Waals surface area contributed by atoms with Gasteiger partial charge < -0.3 is 9.47 Å². The number of hydrogen-bond donors (Lipinski definition) is 0. The van der Waals surface area contributed by atoms with Gasteiger partial charge in [0.05, 0.1) is 5.60 Å². The molecule has 1 aliphatic rings. The molecule has 1 aliphatic heterocycles. The van der Waals surface area contributed by atoms with Crippen molar-refractivity contribution >= 4 is 0 Å². The molecule has 12 heavy (non-hydrogen) atoms. The molecule has 0 aliphatic carbocycles. The third-order valence-corrected chi connectivity index (χ3v) is 1.37. The Morgan fingerprint density at radius 2 is 1.83 bits per heavy atom. The summed E-state index contributed by atoms with van der Waals surface area (Å²) in [6, 6.07) is 0. The van der Waals surface area contributed by atoms with Crippen LogP contribution in [-0.4, -0.2) is 18.5 Å². The van der Waals surface area contributed by atoms with Gasteiger partial charge in [0, 0.05) is 13.0 Å². The van der Waals surface area contributed by atoms with E-state index in [1.54, 1.807) is 0 Å². The molecular formula is C10H22O2. The molecule has 2 nitrogen and oxygen atoms in total. The van der Waals surface area contributed by atoms with Gasteiger partial charge >= 0.3 is 0 Å². The molecular weight excluding hydrogens is 152 g/mol. The van der Waals surface area contributed by atoms with Crippen LogP contribution < -0.4 is 0 Å². The Hall–Kier alpha value is -0.0800. The molecule has 0 radical (unpaired) electrons. The predicted molar refractivity (Wildman–Crippen MR) is 51.2 cm³/mol. The molecule has 0 bridgehead atoms. The van der Waals surface area contributed by atoms with E-state index in [0.29, 0.717) is 0 Å². The minimum atomic E-state index is -0.0605. The molecule has 0 spiro atoms. The summed E-state index contributed by atoms with van der Waals surface area (Å²) in [5, 5.41) is 0. The molecule has 2 heteroatoms. The zero-order valence-electron chi connectivity index (χ0n) is 9.02. The van der Waals surface area contributed by atoms with Gasteiger partial charge in [0.25, 0.3) is 0 Å². The van der Waals surface area contributed by atoms with E-state index in [1.165, 1.54) is 0 Å². The Balaban J connectivity index is 0.000000561. The first-order valence-electron chi connectivity index (χ1n) is 4.87. The molecule has 1 heterocycles. The lowest BCUT2D eigenvalue weighted by Gasteiger charge is -2.23. The maximum absolute atomic E-state index is 5.58. The second-order valence-corrected chi connectivity index (χ2v) is 3.67. The van der Waals surface area contributed by atoms with Crippen LogP contribution >= 0.6 is 0 Å². The average Bonchev–Trinajstić information content (AvgIpc) is 2.41. The Morgan fingerprint density at radius 1 is 1.25 bits per heavy atom. The van der Waals surface area contributed by atoms with Crippen molar-refractivity contribution in [2.45, 2.75) is 59.4 Å². The summed E-state index contributed by atoms with van der Waals surface area (Å²) in [6.07, 6.45) is 2.25. The number of ether oxygens (including phenoxy) is 2. The van der Waals surface area contributed by atoms with Crippen LogP contribution in [-0.2, 0) is 9.47 Å². The minimum absolute atomic E-state index is 0.0556.